The van der Waals surface area contributed by atoms with Gasteiger partial charge < -0.3 is 24.6 Å². The minimum absolute atomic E-state index is 0.0756. The monoisotopic (exact) mass is 467 g/mol. The van der Waals surface area contributed by atoms with Gasteiger partial charge in [0.15, 0.2) is 11.5 Å². The van der Waals surface area contributed by atoms with Gasteiger partial charge in [-0.25, -0.2) is 0 Å². The van der Waals surface area contributed by atoms with Crippen LogP contribution in [0.15, 0.2) is 42.5 Å². The van der Waals surface area contributed by atoms with Crippen molar-refractivity contribution in [2.45, 2.75) is 26.8 Å². The van der Waals surface area contributed by atoms with E-state index in [4.69, 9.17) is 9.47 Å². The fraction of sp³-hybridized carbons (Fsp3) is 0.423. The Morgan fingerprint density at radius 2 is 1.38 bits per heavy atom. The van der Waals surface area contributed by atoms with Crippen molar-refractivity contribution in [3.63, 3.8) is 0 Å². The molecule has 0 bridgehead atoms. The molecule has 0 spiro atoms. The minimum Gasteiger partial charge on any atom is -0.493 e. The Hall–Kier alpha value is -3.55. The number of carbonyl (C=O) groups excluding carboxylic acids is 3. The first-order valence-corrected chi connectivity index (χ1v) is 11.4. The molecule has 182 valence electrons. The van der Waals surface area contributed by atoms with Gasteiger partial charge in [-0.3, -0.25) is 14.4 Å². The molecule has 8 nitrogen and oxygen atoms in total. The molecule has 1 aliphatic heterocycles. The number of hydrogen-bond donors (Lipinski definition) is 1. The van der Waals surface area contributed by atoms with Gasteiger partial charge >= 0.3 is 0 Å². The fourth-order valence-corrected chi connectivity index (χ4v) is 3.92. The van der Waals surface area contributed by atoms with Crippen LogP contribution in [-0.2, 0) is 4.79 Å². The number of amides is 3. The lowest BCUT2D eigenvalue weighted by molar-refractivity contribution is -0.135. The Balaban J connectivity index is 1.62. The first kappa shape index (κ1) is 25.1. The van der Waals surface area contributed by atoms with Gasteiger partial charge in [-0.15, -0.1) is 0 Å². The number of carbonyl (C=O) groups is 3. The van der Waals surface area contributed by atoms with Crippen molar-refractivity contribution in [3.8, 4) is 11.5 Å². The largest absolute Gasteiger partial charge is 0.493 e. The van der Waals surface area contributed by atoms with Crippen molar-refractivity contribution in [3.05, 3.63) is 59.2 Å². The molecule has 1 fully saturated rings. The van der Waals surface area contributed by atoms with Crippen LogP contribution in [0.3, 0.4) is 0 Å². The predicted octanol–water partition coefficient (Wildman–Crippen LogP) is 2.75. The zero-order valence-corrected chi connectivity index (χ0v) is 20.5. The Labute approximate surface area is 200 Å². The quantitative estimate of drug-likeness (QED) is 0.677. The highest BCUT2D eigenvalue weighted by atomic mass is 16.5. The zero-order chi connectivity index (χ0) is 24.8. The van der Waals surface area contributed by atoms with Gasteiger partial charge in [0.25, 0.3) is 11.8 Å². The number of hydrogen-bond acceptors (Lipinski definition) is 5. The normalized spacial score (nSPS) is 14.5. The van der Waals surface area contributed by atoms with Gasteiger partial charge in [-0.2, -0.15) is 0 Å². The molecule has 0 radical (unpaired) electrons. The average Bonchev–Trinajstić information content (AvgIpc) is 2.86. The second kappa shape index (κ2) is 11.0. The molecule has 8 heteroatoms. The molecule has 2 aromatic rings. The van der Waals surface area contributed by atoms with Crippen LogP contribution in [-0.4, -0.2) is 74.0 Å². The summed E-state index contributed by atoms with van der Waals surface area (Å²) in [5.41, 5.74) is 2.09. The van der Waals surface area contributed by atoms with Crippen LogP contribution in [0.25, 0.3) is 0 Å². The molecule has 3 rings (SSSR count). The van der Waals surface area contributed by atoms with Crippen molar-refractivity contribution in [1.29, 1.82) is 0 Å². The highest BCUT2D eigenvalue weighted by Gasteiger charge is 2.32. The molecular weight excluding hydrogens is 434 g/mol. The van der Waals surface area contributed by atoms with Crippen LogP contribution in [0.1, 0.15) is 40.1 Å². The maximum atomic E-state index is 13.2. The smallest absolute Gasteiger partial charge is 0.254 e. The minimum atomic E-state index is -0.637. The molecule has 0 saturated carbocycles. The summed E-state index contributed by atoms with van der Waals surface area (Å²) in [6.45, 7) is 7.41. The van der Waals surface area contributed by atoms with Crippen molar-refractivity contribution >= 4 is 17.7 Å². The Morgan fingerprint density at radius 1 is 0.824 bits per heavy atom. The summed E-state index contributed by atoms with van der Waals surface area (Å²) in [6, 6.07) is 11.7. The lowest BCUT2D eigenvalue weighted by Gasteiger charge is -2.37. The number of aryl methyl sites for hydroxylation is 1. The van der Waals surface area contributed by atoms with E-state index in [0.29, 0.717) is 48.8 Å². The summed E-state index contributed by atoms with van der Waals surface area (Å²) in [6.07, 6.45) is 0. The van der Waals surface area contributed by atoms with E-state index in [1.165, 1.54) is 7.11 Å². The second-order valence-corrected chi connectivity index (χ2v) is 8.75. The number of piperazine rings is 1. The number of benzene rings is 2. The predicted molar refractivity (Wildman–Crippen MR) is 129 cm³/mol. The molecule has 1 aliphatic rings. The van der Waals surface area contributed by atoms with E-state index in [1.54, 1.807) is 47.2 Å². The van der Waals surface area contributed by atoms with Gasteiger partial charge in [-0.1, -0.05) is 31.5 Å². The Morgan fingerprint density at radius 3 is 1.94 bits per heavy atom. The van der Waals surface area contributed by atoms with Gasteiger partial charge in [0, 0.05) is 37.3 Å². The SMILES string of the molecule is COc1ccc(C(=O)N2CCN(C(=O)C(NC(=O)c3ccc(C)cc3)C(C)C)CC2)cc1OC. The Kier molecular flexibility index (Phi) is 8.15. The third kappa shape index (κ3) is 5.68. The van der Waals surface area contributed by atoms with Gasteiger partial charge in [-0.05, 0) is 43.2 Å². The first-order chi connectivity index (χ1) is 16.2. The number of methoxy groups -OCH3 is 2. The van der Waals surface area contributed by atoms with Crippen LogP contribution in [0, 0.1) is 12.8 Å². The van der Waals surface area contributed by atoms with Crippen molar-refractivity contribution < 1.29 is 23.9 Å². The molecule has 1 heterocycles. The number of rotatable bonds is 7. The maximum absolute atomic E-state index is 13.2. The summed E-state index contributed by atoms with van der Waals surface area (Å²) in [5.74, 6) is 0.450. The first-order valence-electron chi connectivity index (χ1n) is 11.4. The summed E-state index contributed by atoms with van der Waals surface area (Å²) >= 11 is 0. The molecule has 1 unspecified atom stereocenters. The van der Waals surface area contributed by atoms with Crippen molar-refractivity contribution in [2.24, 2.45) is 5.92 Å². The second-order valence-electron chi connectivity index (χ2n) is 8.75. The topological polar surface area (TPSA) is 88.2 Å². The van der Waals surface area contributed by atoms with Crippen LogP contribution in [0.4, 0.5) is 0 Å². The van der Waals surface area contributed by atoms with E-state index in [1.807, 2.05) is 32.9 Å². The molecule has 34 heavy (non-hydrogen) atoms. The summed E-state index contributed by atoms with van der Waals surface area (Å²) in [7, 11) is 3.07. The van der Waals surface area contributed by atoms with Crippen LogP contribution in [0.5, 0.6) is 11.5 Å². The summed E-state index contributed by atoms with van der Waals surface area (Å²) < 4.78 is 10.5. The van der Waals surface area contributed by atoms with E-state index in [0.717, 1.165) is 5.56 Å². The maximum Gasteiger partial charge on any atom is 0.254 e. The highest BCUT2D eigenvalue weighted by Crippen LogP contribution is 2.28. The Bertz CT molecular complexity index is 1030. The summed E-state index contributed by atoms with van der Waals surface area (Å²) in [5, 5.41) is 2.90. The molecule has 1 N–H and O–H groups in total. The summed E-state index contributed by atoms with van der Waals surface area (Å²) in [4.78, 5) is 42.4. The third-order valence-electron chi connectivity index (χ3n) is 6.04. The molecule has 0 aromatic heterocycles. The molecule has 3 amide bonds. The van der Waals surface area contributed by atoms with Gasteiger partial charge in [0.05, 0.1) is 14.2 Å². The highest BCUT2D eigenvalue weighted by molar-refractivity contribution is 5.98. The van der Waals surface area contributed by atoms with E-state index in [9.17, 15) is 14.4 Å². The van der Waals surface area contributed by atoms with Crippen LogP contribution >= 0.6 is 0 Å². The van der Waals surface area contributed by atoms with Gasteiger partial charge in [0.1, 0.15) is 6.04 Å². The fourth-order valence-electron chi connectivity index (χ4n) is 3.92. The van der Waals surface area contributed by atoms with Crippen molar-refractivity contribution in [1.82, 2.24) is 15.1 Å². The van der Waals surface area contributed by atoms with E-state index >= 15 is 0 Å². The van der Waals surface area contributed by atoms with Crippen LogP contribution < -0.4 is 14.8 Å². The van der Waals surface area contributed by atoms with E-state index < -0.39 is 6.04 Å². The van der Waals surface area contributed by atoms with Gasteiger partial charge in [0.2, 0.25) is 5.91 Å². The molecule has 1 atom stereocenters. The standard InChI is InChI=1S/C26H33N3O5/c1-17(2)23(27-24(30)19-8-6-18(3)7-9-19)26(32)29-14-12-28(13-15-29)25(31)20-10-11-21(33-4)22(16-20)34-5/h6-11,16-17,23H,12-15H2,1-5H3,(H,27,30). The zero-order valence-electron chi connectivity index (χ0n) is 20.5. The van der Waals surface area contributed by atoms with Crippen LogP contribution in [0.2, 0.25) is 0 Å². The molecule has 1 saturated heterocycles. The van der Waals surface area contributed by atoms with E-state index in [2.05, 4.69) is 5.32 Å². The van der Waals surface area contributed by atoms with Crippen molar-refractivity contribution in [2.75, 3.05) is 40.4 Å². The number of ether oxygens (including phenoxy) is 2. The third-order valence-corrected chi connectivity index (χ3v) is 6.04. The molecule has 0 aliphatic carbocycles. The molecular formula is C26H33N3O5. The molecule has 2 aromatic carbocycles. The lowest BCUT2D eigenvalue weighted by Crippen LogP contribution is -2.57. The number of nitrogens with zero attached hydrogens (tertiary/aromatic N) is 2. The lowest BCUT2D eigenvalue weighted by atomic mass is 10.0. The van der Waals surface area contributed by atoms with E-state index in [-0.39, 0.29) is 23.6 Å². The number of nitrogens with one attached hydrogen (secondary N) is 1. The average molecular weight is 468 g/mol.